The minimum absolute atomic E-state index is 0.0691. The quantitative estimate of drug-likeness (QED) is 0.865. The highest BCUT2D eigenvalue weighted by Gasteiger charge is 2.47. The lowest BCUT2D eigenvalue weighted by atomic mass is 9.69. The van der Waals surface area contributed by atoms with E-state index < -0.39 is 11.4 Å². The zero-order chi connectivity index (χ0) is 14.0. The smallest absolute Gasteiger partial charge is 0.317 e. The van der Waals surface area contributed by atoms with E-state index in [4.69, 9.17) is 23.2 Å². The van der Waals surface area contributed by atoms with Gasteiger partial charge in [-0.1, -0.05) is 35.7 Å². The molecule has 0 heterocycles. The zero-order valence-electron chi connectivity index (χ0n) is 10.3. The maximum atomic E-state index is 12.1. The average Bonchev–Trinajstić information content (AvgIpc) is 2.36. The van der Waals surface area contributed by atoms with E-state index in [-0.39, 0.29) is 12.2 Å². The molecule has 1 fully saturated rings. The van der Waals surface area contributed by atoms with E-state index in [1.165, 1.54) is 0 Å². The van der Waals surface area contributed by atoms with Gasteiger partial charge in [0, 0.05) is 16.5 Å². The third-order valence-corrected chi connectivity index (χ3v) is 4.45. The summed E-state index contributed by atoms with van der Waals surface area (Å²) in [6.45, 7) is 0. The molecule has 1 aromatic rings. The van der Waals surface area contributed by atoms with Crippen molar-refractivity contribution in [2.24, 2.45) is 5.41 Å². The van der Waals surface area contributed by atoms with E-state index in [0.717, 1.165) is 12.8 Å². The summed E-state index contributed by atoms with van der Waals surface area (Å²) in [5.41, 5.74) is -0.823. The van der Waals surface area contributed by atoms with Crippen molar-refractivity contribution < 1.29 is 14.7 Å². The number of carbonyl (C=O) groups is 2. The van der Waals surface area contributed by atoms with Gasteiger partial charge in [0.05, 0.1) is 0 Å². The molecule has 1 atom stereocenters. The van der Waals surface area contributed by atoms with Gasteiger partial charge >= 0.3 is 5.97 Å². The van der Waals surface area contributed by atoms with Crippen molar-refractivity contribution in [2.45, 2.75) is 32.1 Å². The highest BCUT2D eigenvalue weighted by Crippen LogP contribution is 2.40. The molecule has 3 nitrogen and oxygen atoms in total. The molecule has 0 amide bonds. The van der Waals surface area contributed by atoms with Crippen molar-refractivity contribution in [1.29, 1.82) is 0 Å². The second kappa shape index (κ2) is 5.51. The zero-order valence-corrected chi connectivity index (χ0v) is 11.8. The fourth-order valence-electron chi connectivity index (χ4n) is 2.58. The predicted octanol–water partition coefficient (Wildman–Crippen LogP) is 3.75. The number of carbonyl (C=O) groups excluding carboxylic acids is 1. The molecular weight excluding hydrogens is 287 g/mol. The number of hydrogen-bond donors (Lipinski definition) is 1. The number of hydrogen-bond acceptors (Lipinski definition) is 2. The summed E-state index contributed by atoms with van der Waals surface area (Å²) in [7, 11) is 0. The summed E-state index contributed by atoms with van der Waals surface area (Å²) in [5.74, 6) is -1.30. The summed E-state index contributed by atoms with van der Waals surface area (Å²) in [6.07, 6.45) is 2.22. The molecule has 19 heavy (non-hydrogen) atoms. The van der Waals surface area contributed by atoms with E-state index in [2.05, 4.69) is 0 Å². The third kappa shape index (κ3) is 2.63. The van der Waals surface area contributed by atoms with Crippen LogP contribution in [0.4, 0.5) is 0 Å². The molecule has 0 aromatic heterocycles. The summed E-state index contributed by atoms with van der Waals surface area (Å²) >= 11 is 12.1. The Morgan fingerprint density at radius 1 is 1.26 bits per heavy atom. The van der Waals surface area contributed by atoms with Crippen LogP contribution in [0.2, 0.25) is 10.0 Å². The molecule has 1 aliphatic carbocycles. The lowest BCUT2D eigenvalue weighted by Gasteiger charge is -2.32. The Balaban J connectivity index is 2.42. The Bertz CT molecular complexity index is 507. The monoisotopic (exact) mass is 300 g/mol. The lowest BCUT2D eigenvalue weighted by molar-refractivity contribution is -0.157. The molecule has 0 spiro atoms. The van der Waals surface area contributed by atoms with Gasteiger partial charge in [-0.05, 0) is 37.0 Å². The average molecular weight is 301 g/mol. The highest BCUT2D eigenvalue weighted by atomic mass is 35.5. The molecule has 0 saturated heterocycles. The standard InChI is InChI=1S/C14H14Cl2O3/c15-10-4-3-5-11(16)9(10)8-14(13(18)19)7-2-1-6-12(14)17/h3-5H,1-2,6-8H2,(H,18,19). The van der Waals surface area contributed by atoms with Crippen LogP contribution in [0.5, 0.6) is 0 Å². The summed E-state index contributed by atoms with van der Waals surface area (Å²) in [5, 5.41) is 10.3. The molecule has 1 N–H and O–H groups in total. The molecule has 1 unspecified atom stereocenters. The summed E-state index contributed by atoms with van der Waals surface area (Å²) < 4.78 is 0. The Morgan fingerprint density at radius 2 is 1.89 bits per heavy atom. The second-order valence-electron chi connectivity index (χ2n) is 4.89. The predicted molar refractivity (Wildman–Crippen MR) is 73.7 cm³/mol. The third-order valence-electron chi connectivity index (χ3n) is 3.74. The van der Waals surface area contributed by atoms with Crippen LogP contribution in [-0.4, -0.2) is 16.9 Å². The van der Waals surface area contributed by atoms with Gasteiger partial charge in [0.25, 0.3) is 0 Å². The van der Waals surface area contributed by atoms with Crippen molar-refractivity contribution >= 4 is 35.0 Å². The number of carboxylic acids is 1. The minimum atomic E-state index is -1.37. The molecule has 5 heteroatoms. The Morgan fingerprint density at radius 3 is 2.42 bits per heavy atom. The Hall–Kier alpha value is -1.06. The number of ketones is 1. The summed E-state index contributed by atoms with van der Waals surface area (Å²) in [4.78, 5) is 23.7. The fraction of sp³-hybridized carbons (Fsp3) is 0.429. The largest absolute Gasteiger partial charge is 0.480 e. The lowest BCUT2D eigenvalue weighted by Crippen LogP contribution is -2.43. The van der Waals surface area contributed by atoms with Crippen LogP contribution in [0, 0.1) is 5.41 Å². The molecule has 1 saturated carbocycles. The first-order valence-corrected chi connectivity index (χ1v) is 6.92. The van der Waals surface area contributed by atoms with Crippen LogP contribution >= 0.6 is 23.2 Å². The molecule has 2 rings (SSSR count). The van der Waals surface area contributed by atoms with Crippen LogP contribution in [-0.2, 0) is 16.0 Å². The fourth-order valence-corrected chi connectivity index (χ4v) is 3.11. The molecule has 1 aromatic carbocycles. The van der Waals surface area contributed by atoms with Gasteiger partial charge in [-0.25, -0.2) is 0 Å². The number of carboxylic acid groups (broad SMARTS) is 1. The van der Waals surface area contributed by atoms with Crippen molar-refractivity contribution in [3.8, 4) is 0 Å². The first-order valence-electron chi connectivity index (χ1n) is 6.17. The topological polar surface area (TPSA) is 54.4 Å². The van der Waals surface area contributed by atoms with Crippen LogP contribution in [0.15, 0.2) is 18.2 Å². The van der Waals surface area contributed by atoms with E-state index in [1.54, 1.807) is 18.2 Å². The van der Waals surface area contributed by atoms with Gasteiger partial charge in [-0.3, -0.25) is 9.59 Å². The van der Waals surface area contributed by atoms with Crippen LogP contribution in [0.1, 0.15) is 31.2 Å². The van der Waals surface area contributed by atoms with Crippen molar-refractivity contribution in [2.75, 3.05) is 0 Å². The second-order valence-corrected chi connectivity index (χ2v) is 5.71. The normalized spacial score (nSPS) is 23.4. The molecule has 1 aliphatic rings. The van der Waals surface area contributed by atoms with E-state index in [1.807, 2.05) is 0 Å². The summed E-state index contributed by atoms with van der Waals surface area (Å²) in [6, 6.07) is 5.02. The van der Waals surface area contributed by atoms with E-state index in [9.17, 15) is 14.7 Å². The number of aliphatic carboxylic acids is 1. The maximum Gasteiger partial charge on any atom is 0.317 e. The number of benzene rings is 1. The maximum absolute atomic E-state index is 12.1. The van der Waals surface area contributed by atoms with Crippen LogP contribution in [0.25, 0.3) is 0 Å². The van der Waals surface area contributed by atoms with E-state index in [0.29, 0.717) is 28.5 Å². The molecular formula is C14H14Cl2O3. The van der Waals surface area contributed by atoms with Crippen molar-refractivity contribution in [3.63, 3.8) is 0 Å². The SMILES string of the molecule is O=C(O)C1(Cc2c(Cl)cccc2Cl)CCCCC1=O. The van der Waals surface area contributed by atoms with E-state index >= 15 is 0 Å². The number of halogens is 2. The Kier molecular flexibility index (Phi) is 4.16. The molecule has 0 bridgehead atoms. The first kappa shape index (κ1) is 14.4. The van der Waals surface area contributed by atoms with Gasteiger partial charge in [0.1, 0.15) is 5.41 Å². The van der Waals surface area contributed by atoms with Gasteiger partial charge in [-0.2, -0.15) is 0 Å². The molecule has 0 radical (unpaired) electrons. The Labute approximate surface area is 121 Å². The van der Waals surface area contributed by atoms with Gasteiger partial charge in [-0.15, -0.1) is 0 Å². The van der Waals surface area contributed by atoms with Crippen molar-refractivity contribution in [3.05, 3.63) is 33.8 Å². The van der Waals surface area contributed by atoms with Crippen LogP contribution in [0.3, 0.4) is 0 Å². The van der Waals surface area contributed by atoms with Crippen LogP contribution < -0.4 is 0 Å². The highest BCUT2D eigenvalue weighted by molar-refractivity contribution is 6.36. The van der Waals surface area contributed by atoms with Crippen molar-refractivity contribution in [1.82, 2.24) is 0 Å². The first-order chi connectivity index (χ1) is 8.97. The minimum Gasteiger partial charge on any atom is -0.480 e. The van der Waals surface area contributed by atoms with Gasteiger partial charge in [0.2, 0.25) is 0 Å². The number of Topliss-reactive ketones (excluding diaryl/α,β-unsaturated/α-hetero) is 1. The number of rotatable bonds is 3. The van der Waals surface area contributed by atoms with Gasteiger partial charge < -0.3 is 5.11 Å². The molecule has 102 valence electrons. The van der Waals surface area contributed by atoms with Gasteiger partial charge in [0.15, 0.2) is 5.78 Å². The molecule has 0 aliphatic heterocycles.